The Morgan fingerprint density at radius 3 is 2.32 bits per heavy atom. The summed E-state index contributed by atoms with van der Waals surface area (Å²) in [5.41, 5.74) is 1.19. The highest BCUT2D eigenvalue weighted by molar-refractivity contribution is 6.65. The molecule has 0 bridgehead atoms. The van der Waals surface area contributed by atoms with Gasteiger partial charge in [-0.05, 0) is 40.2 Å². The second-order valence-electron chi connectivity index (χ2n) is 6.04. The number of nitrogens with zero attached hydrogens (tertiary/aromatic N) is 1. The third-order valence-corrected chi connectivity index (χ3v) is 4.27. The molecule has 0 saturated carbocycles. The molecule has 0 amide bonds. The Balaban J connectivity index is 2.31. The Morgan fingerprint density at radius 2 is 1.79 bits per heavy atom. The molecule has 0 spiro atoms. The van der Waals surface area contributed by atoms with Crippen LogP contribution in [0.3, 0.4) is 0 Å². The molecule has 1 aliphatic rings. The molecule has 2 rings (SSSR count). The first-order chi connectivity index (χ1) is 8.77. The molecule has 0 aliphatic carbocycles. The minimum Gasteiger partial charge on any atom is -0.399 e. The molecule has 0 N–H and O–H groups in total. The van der Waals surface area contributed by atoms with Crippen molar-refractivity contribution in [3.05, 3.63) is 23.0 Å². The van der Waals surface area contributed by atoms with Gasteiger partial charge in [0, 0.05) is 17.4 Å². The van der Waals surface area contributed by atoms with Crippen molar-refractivity contribution in [2.24, 2.45) is 0 Å². The molecule has 2 heterocycles. The molecule has 19 heavy (non-hydrogen) atoms. The van der Waals surface area contributed by atoms with Crippen LogP contribution in [-0.2, 0) is 15.7 Å². The quantitative estimate of drug-likeness (QED) is 0.798. The lowest BCUT2D eigenvalue weighted by atomic mass is 9.79. The van der Waals surface area contributed by atoms with Gasteiger partial charge in [-0.1, -0.05) is 24.9 Å². The maximum absolute atomic E-state index is 6.24. The van der Waals surface area contributed by atoms with E-state index in [2.05, 4.69) is 11.9 Å². The van der Waals surface area contributed by atoms with Crippen LogP contribution in [0.4, 0.5) is 0 Å². The number of aryl methyl sites for hydroxylation is 1. The summed E-state index contributed by atoms with van der Waals surface area (Å²) < 4.78 is 12.1. The Bertz CT molecular complexity index is 461. The molecule has 5 heteroatoms. The number of halogens is 1. The number of pyridine rings is 1. The highest BCUT2D eigenvalue weighted by atomic mass is 35.5. The van der Waals surface area contributed by atoms with Crippen molar-refractivity contribution >= 4 is 24.2 Å². The van der Waals surface area contributed by atoms with Gasteiger partial charge >= 0.3 is 7.12 Å². The molecular weight excluding hydrogens is 260 g/mol. The molecule has 1 fully saturated rings. The van der Waals surface area contributed by atoms with E-state index in [1.54, 1.807) is 6.20 Å². The van der Waals surface area contributed by atoms with Crippen LogP contribution >= 0.6 is 11.6 Å². The van der Waals surface area contributed by atoms with Crippen molar-refractivity contribution in [3.8, 4) is 0 Å². The first-order valence-corrected chi connectivity index (χ1v) is 7.14. The van der Waals surface area contributed by atoms with Gasteiger partial charge < -0.3 is 9.31 Å². The third kappa shape index (κ3) is 2.81. The standard InChI is InChI=1S/C14H21BClNO2/c1-6-7-10-8-11(12(16)9-17-10)15-18-13(2,3)14(4,5)19-15/h8-9H,6-7H2,1-5H3. The molecule has 0 unspecified atom stereocenters. The summed E-state index contributed by atoms with van der Waals surface area (Å²) in [7, 11) is -0.420. The van der Waals surface area contributed by atoms with Crippen molar-refractivity contribution in [3.63, 3.8) is 0 Å². The van der Waals surface area contributed by atoms with Crippen LogP contribution in [0.2, 0.25) is 5.02 Å². The number of hydrogen-bond acceptors (Lipinski definition) is 3. The Morgan fingerprint density at radius 1 is 1.21 bits per heavy atom. The van der Waals surface area contributed by atoms with Gasteiger partial charge in [0.25, 0.3) is 0 Å². The fourth-order valence-electron chi connectivity index (χ4n) is 2.04. The fraction of sp³-hybridized carbons (Fsp3) is 0.643. The zero-order chi connectivity index (χ0) is 14.3. The molecule has 1 saturated heterocycles. The number of hydrogen-bond donors (Lipinski definition) is 0. The van der Waals surface area contributed by atoms with Crippen molar-refractivity contribution in [2.75, 3.05) is 0 Å². The minimum absolute atomic E-state index is 0.352. The SMILES string of the molecule is CCCc1cc(B2OC(C)(C)C(C)(C)O2)c(Cl)cn1. The van der Waals surface area contributed by atoms with Gasteiger partial charge in [-0.3, -0.25) is 4.98 Å². The van der Waals surface area contributed by atoms with E-state index in [9.17, 15) is 0 Å². The summed E-state index contributed by atoms with van der Waals surface area (Å²) in [4.78, 5) is 4.33. The highest BCUT2D eigenvalue weighted by Crippen LogP contribution is 2.36. The minimum atomic E-state index is -0.420. The van der Waals surface area contributed by atoms with Gasteiger partial charge in [0.05, 0.1) is 16.2 Å². The summed E-state index contributed by atoms with van der Waals surface area (Å²) in [6, 6.07) is 1.99. The smallest absolute Gasteiger partial charge is 0.399 e. The average Bonchev–Trinajstić information content (AvgIpc) is 2.51. The first-order valence-electron chi connectivity index (χ1n) is 6.77. The molecule has 1 aromatic rings. The second kappa shape index (κ2) is 5.08. The van der Waals surface area contributed by atoms with Crippen LogP contribution in [0.5, 0.6) is 0 Å². The summed E-state index contributed by atoms with van der Waals surface area (Å²) in [5, 5.41) is 0.596. The predicted octanol–water partition coefficient (Wildman–Crippen LogP) is 2.99. The summed E-state index contributed by atoms with van der Waals surface area (Å²) >= 11 is 6.24. The van der Waals surface area contributed by atoms with Crippen LogP contribution in [-0.4, -0.2) is 23.3 Å². The Hall–Kier alpha value is -0.575. The van der Waals surface area contributed by atoms with Crippen molar-refractivity contribution in [1.82, 2.24) is 4.98 Å². The fourth-order valence-corrected chi connectivity index (χ4v) is 2.24. The van der Waals surface area contributed by atoms with Crippen molar-refractivity contribution < 1.29 is 9.31 Å². The maximum atomic E-state index is 6.24. The van der Waals surface area contributed by atoms with Crippen LogP contribution < -0.4 is 5.46 Å². The summed E-state index contributed by atoms with van der Waals surface area (Å²) in [5.74, 6) is 0. The molecule has 0 radical (unpaired) electrons. The first kappa shape index (κ1) is 14.8. The van der Waals surface area contributed by atoms with Crippen LogP contribution in [0, 0.1) is 0 Å². The lowest BCUT2D eigenvalue weighted by Crippen LogP contribution is -2.41. The normalized spacial score (nSPS) is 20.8. The Labute approximate surface area is 120 Å². The van der Waals surface area contributed by atoms with Gasteiger partial charge in [-0.2, -0.15) is 0 Å². The second-order valence-corrected chi connectivity index (χ2v) is 6.44. The average molecular weight is 282 g/mol. The zero-order valence-corrected chi connectivity index (χ0v) is 13.0. The van der Waals surface area contributed by atoms with E-state index in [0.29, 0.717) is 5.02 Å². The summed E-state index contributed by atoms with van der Waals surface area (Å²) in [6.45, 7) is 10.3. The van der Waals surface area contributed by atoms with E-state index >= 15 is 0 Å². The number of aromatic nitrogens is 1. The summed E-state index contributed by atoms with van der Waals surface area (Å²) in [6.07, 6.45) is 3.67. The van der Waals surface area contributed by atoms with Crippen LogP contribution in [0.15, 0.2) is 12.3 Å². The van der Waals surface area contributed by atoms with Gasteiger partial charge in [0.2, 0.25) is 0 Å². The molecule has 0 aromatic carbocycles. The van der Waals surface area contributed by atoms with Crippen molar-refractivity contribution in [1.29, 1.82) is 0 Å². The van der Waals surface area contributed by atoms with E-state index in [1.165, 1.54) is 0 Å². The van der Waals surface area contributed by atoms with E-state index in [0.717, 1.165) is 24.0 Å². The van der Waals surface area contributed by atoms with E-state index in [4.69, 9.17) is 20.9 Å². The topological polar surface area (TPSA) is 31.4 Å². The van der Waals surface area contributed by atoms with Crippen LogP contribution in [0.25, 0.3) is 0 Å². The molecular formula is C14H21BClNO2. The molecule has 0 atom stereocenters. The van der Waals surface area contributed by atoms with E-state index < -0.39 is 7.12 Å². The highest BCUT2D eigenvalue weighted by Gasteiger charge is 2.52. The van der Waals surface area contributed by atoms with Gasteiger partial charge in [0.1, 0.15) is 0 Å². The van der Waals surface area contributed by atoms with Gasteiger partial charge in [0.15, 0.2) is 0 Å². The molecule has 1 aliphatic heterocycles. The predicted molar refractivity (Wildman–Crippen MR) is 79.0 cm³/mol. The van der Waals surface area contributed by atoms with Gasteiger partial charge in [-0.25, -0.2) is 0 Å². The maximum Gasteiger partial charge on any atom is 0.496 e. The van der Waals surface area contributed by atoms with Crippen molar-refractivity contribution in [2.45, 2.75) is 58.7 Å². The third-order valence-electron chi connectivity index (χ3n) is 3.95. The van der Waals surface area contributed by atoms with E-state index in [-0.39, 0.29) is 11.2 Å². The molecule has 3 nitrogen and oxygen atoms in total. The van der Waals surface area contributed by atoms with Gasteiger partial charge in [-0.15, -0.1) is 0 Å². The van der Waals surface area contributed by atoms with E-state index in [1.807, 2.05) is 33.8 Å². The monoisotopic (exact) mass is 281 g/mol. The largest absolute Gasteiger partial charge is 0.496 e. The number of rotatable bonds is 3. The zero-order valence-electron chi connectivity index (χ0n) is 12.3. The Kier molecular flexibility index (Phi) is 3.96. The lowest BCUT2D eigenvalue weighted by molar-refractivity contribution is 0.00578. The molecule has 104 valence electrons. The van der Waals surface area contributed by atoms with Crippen LogP contribution in [0.1, 0.15) is 46.7 Å². The lowest BCUT2D eigenvalue weighted by Gasteiger charge is -2.32. The molecule has 1 aromatic heterocycles.